The maximum atomic E-state index is 13.0. The fourth-order valence-electron chi connectivity index (χ4n) is 3.94. The summed E-state index contributed by atoms with van der Waals surface area (Å²) in [5.41, 5.74) is 7.12. The van der Waals surface area contributed by atoms with Crippen molar-refractivity contribution in [1.82, 2.24) is 19.6 Å². The van der Waals surface area contributed by atoms with Gasteiger partial charge in [-0.05, 0) is 17.9 Å². The second-order valence-corrected chi connectivity index (χ2v) is 11.3. The van der Waals surface area contributed by atoms with Crippen molar-refractivity contribution in [3.05, 3.63) is 47.2 Å². The van der Waals surface area contributed by atoms with Crippen molar-refractivity contribution in [3.63, 3.8) is 0 Å². The van der Waals surface area contributed by atoms with Crippen molar-refractivity contribution >= 4 is 51.9 Å². The summed E-state index contributed by atoms with van der Waals surface area (Å²) < 4.78 is 5.88. The number of carboxylic acids is 1. The zero-order valence-electron chi connectivity index (χ0n) is 20.8. The molecule has 0 saturated carbocycles. The summed E-state index contributed by atoms with van der Waals surface area (Å²) in [5.74, 6) is -2.05. The Bertz CT molecular complexity index is 1280. The lowest BCUT2D eigenvalue weighted by atomic mass is 9.88. The molecule has 1 unspecified atom stereocenters. The van der Waals surface area contributed by atoms with Gasteiger partial charge in [-0.2, -0.15) is 9.36 Å². The predicted molar refractivity (Wildman–Crippen MR) is 138 cm³/mol. The van der Waals surface area contributed by atoms with E-state index >= 15 is 0 Å². The summed E-state index contributed by atoms with van der Waals surface area (Å²) in [6.07, 6.45) is 3.81. The molecule has 196 valence electrons. The summed E-state index contributed by atoms with van der Waals surface area (Å²) in [6, 6.07) is 3.08. The molecule has 2 amide bonds. The number of hydrogen-bond donors (Lipinski definition) is 3. The number of carbonyl (C=O) groups is 3. The summed E-state index contributed by atoms with van der Waals surface area (Å²) in [6.45, 7) is 8.59. The average Bonchev–Trinajstić information content (AvgIpc) is 3.27. The first-order chi connectivity index (χ1) is 17.5. The Morgan fingerprint density at radius 1 is 1.35 bits per heavy atom. The molecule has 4 heterocycles. The van der Waals surface area contributed by atoms with Crippen LogP contribution in [0.2, 0.25) is 0 Å². The lowest BCUT2D eigenvalue weighted by Crippen LogP contribution is -2.71. The van der Waals surface area contributed by atoms with Gasteiger partial charge in [0, 0.05) is 35.0 Å². The Morgan fingerprint density at radius 3 is 2.62 bits per heavy atom. The highest BCUT2D eigenvalue weighted by Gasteiger charge is 2.54. The number of hydrogen-bond acceptors (Lipinski definition) is 10. The van der Waals surface area contributed by atoms with Gasteiger partial charge in [0.2, 0.25) is 11.5 Å². The molecule has 0 spiro atoms. The number of amides is 2. The number of oxime groups is 1. The van der Waals surface area contributed by atoms with Crippen molar-refractivity contribution in [3.8, 4) is 0 Å². The van der Waals surface area contributed by atoms with Crippen LogP contribution in [0.1, 0.15) is 39.1 Å². The molecular formula is C23H28N7O5S2+. The molecule has 4 rings (SSSR count). The maximum Gasteiger partial charge on any atom is 0.352 e. The predicted octanol–water partition coefficient (Wildman–Crippen LogP) is 0.885. The van der Waals surface area contributed by atoms with E-state index in [9.17, 15) is 19.5 Å². The highest BCUT2D eigenvalue weighted by Crippen LogP contribution is 2.40. The molecule has 12 nitrogen and oxygen atoms in total. The minimum absolute atomic E-state index is 0.00259. The van der Waals surface area contributed by atoms with Crippen molar-refractivity contribution in [1.29, 1.82) is 0 Å². The van der Waals surface area contributed by atoms with Crippen LogP contribution in [0.15, 0.2) is 41.0 Å². The van der Waals surface area contributed by atoms with Crippen LogP contribution in [-0.2, 0) is 31.2 Å². The third-order valence-corrected chi connectivity index (χ3v) is 7.70. The molecule has 0 bridgehead atoms. The lowest BCUT2D eigenvalue weighted by Gasteiger charge is -2.49. The molecule has 2 aromatic heterocycles. The van der Waals surface area contributed by atoms with Crippen LogP contribution in [0.5, 0.6) is 0 Å². The Balaban J connectivity index is 1.52. The number of β-lactam (4-membered cyclic amide) rings is 1. The quantitative estimate of drug-likeness (QED) is 0.189. The Labute approximate surface area is 221 Å². The number of thioether (sulfide) groups is 1. The normalized spacial score (nSPS) is 19.8. The van der Waals surface area contributed by atoms with Crippen LogP contribution in [0.4, 0.5) is 5.13 Å². The first kappa shape index (κ1) is 26.5. The Morgan fingerprint density at radius 2 is 2.05 bits per heavy atom. The van der Waals surface area contributed by atoms with Gasteiger partial charge in [-0.3, -0.25) is 14.5 Å². The monoisotopic (exact) mass is 546 g/mol. The zero-order valence-corrected chi connectivity index (χ0v) is 22.4. The van der Waals surface area contributed by atoms with Gasteiger partial charge in [-0.25, -0.2) is 9.36 Å². The van der Waals surface area contributed by atoms with Crippen LogP contribution in [0.3, 0.4) is 0 Å². The standard InChI is InChI=1S/C23H27N7O5S2/c1-5-35-27-14(17-26-22(24)37-28-17)18(31)25-15-19(32)30-16(21(33)34)12(11-36-20(15)30)10-29-8-6-13(7-9-29)23(2,3)4/h6-9,15,20H,5,10-11H2,1-4H3,(H3-,24,25,26,28,31,33,34)/p+1/t15?,20-/m1/s1. The number of nitrogens with zero attached hydrogens (tertiary/aromatic N) is 5. The van der Waals surface area contributed by atoms with Gasteiger partial charge < -0.3 is 21.0 Å². The molecule has 37 heavy (non-hydrogen) atoms. The number of carbonyl (C=O) groups excluding carboxylic acids is 2. The van der Waals surface area contributed by atoms with E-state index in [4.69, 9.17) is 10.6 Å². The molecule has 4 N–H and O–H groups in total. The van der Waals surface area contributed by atoms with E-state index < -0.39 is 29.2 Å². The average molecular weight is 547 g/mol. The molecular weight excluding hydrogens is 518 g/mol. The molecule has 0 aliphatic carbocycles. The van der Waals surface area contributed by atoms with Crippen molar-refractivity contribution in [2.45, 2.75) is 51.1 Å². The topological polar surface area (TPSA) is 164 Å². The SMILES string of the molecule is CCON=C(C(=O)NC1C(=O)N2C(C(=O)O)=C(C[n+]3ccc(C(C)(C)C)cc3)CS[C@H]12)c1nsc(N)n1. The van der Waals surface area contributed by atoms with Crippen LogP contribution < -0.4 is 15.6 Å². The number of anilines is 1. The summed E-state index contributed by atoms with van der Waals surface area (Å²) in [4.78, 5) is 48.4. The van der Waals surface area contributed by atoms with Gasteiger partial charge >= 0.3 is 5.97 Å². The highest BCUT2D eigenvalue weighted by molar-refractivity contribution is 8.00. The van der Waals surface area contributed by atoms with Crippen LogP contribution >= 0.6 is 23.3 Å². The smallest absolute Gasteiger partial charge is 0.352 e. The van der Waals surface area contributed by atoms with Gasteiger partial charge in [-0.15, -0.1) is 11.8 Å². The number of nitrogens with two attached hydrogens (primary N) is 1. The number of nitrogen functional groups attached to an aromatic ring is 1. The third kappa shape index (κ3) is 5.44. The zero-order chi connectivity index (χ0) is 26.9. The van der Waals surface area contributed by atoms with E-state index in [1.54, 1.807) is 6.92 Å². The molecule has 1 saturated heterocycles. The first-order valence-corrected chi connectivity index (χ1v) is 13.3. The van der Waals surface area contributed by atoms with Crippen molar-refractivity contribution in [2.75, 3.05) is 18.1 Å². The van der Waals surface area contributed by atoms with Crippen molar-refractivity contribution < 1.29 is 28.9 Å². The van der Waals surface area contributed by atoms with Gasteiger partial charge in [0.15, 0.2) is 24.1 Å². The maximum absolute atomic E-state index is 13.0. The molecule has 2 aliphatic heterocycles. The van der Waals surface area contributed by atoms with E-state index in [1.807, 2.05) is 29.1 Å². The first-order valence-electron chi connectivity index (χ1n) is 11.5. The third-order valence-electron chi connectivity index (χ3n) is 5.82. The number of pyridine rings is 1. The van der Waals surface area contributed by atoms with Crippen LogP contribution in [0.25, 0.3) is 0 Å². The van der Waals surface area contributed by atoms with E-state index in [1.165, 1.54) is 16.7 Å². The molecule has 2 aromatic rings. The number of aromatic nitrogens is 3. The van der Waals surface area contributed by atoms with Gasteiger partial charge in [0.25, 0.3) is 11.8 Å². The number of fused-ring (bicyclic) bond motifs is 1. The number of carboxylic acid groups (broad SMARTS) is 1. The fourth-order valence-corrected chi connectivity index (χ4v) is 5.71. The molecule has 0 radical (unpaired) electrons. The Kier molecular flexibility index (Phi) is 7.50. The van der Waals surface area contributed by atoms with Gasteiger partial charge in [-0.1, -0.05) is 25.9 Å². The van der Waals surface area contributed by atoms with Crippen molar-refractivity contribution in [2.24, 2.45) is 5.16 Å². The van der Waals surface area contributed by atoms with E-state index in [2.05, 4.69) is 40.6 Å². The minimum Gasteiger partial charge on any atom is -0.477 e. The number of rotatable bonds is 8. The van der Waals surface area contributed by atoms with Crippen LogP contribution in [0, 0.1) is 0 Å². The van der Waals surface area contributed by atoms with E-state index in [-0.39, 0.29) is 34.4 Å². The molecule has 2 atom stereocenters. The van der Waals surface area contributed by atoms with E-state index in [0.717, 1.165) is 17.1 Å². The van der Waals surface area contributed by atoms with Gasteiger partial charge in [0.05, 0.1) is 0 Å². The Hall–Kier alpha value is -3.52. The number of nitrogens with one attached hydrogen (secondary N) is 1. The molecule has 2 aliphatic rings. The number of aliphatic carboxylic acids is 1. The fraction of sp³-hybridized carbons (Fsp3) is 0.435. The lowest BCUT2D eigenvalue weighted by molar-refractivity contribution is -0.689. The summed E-state index contributed by atoms with van der Waals surface area (Å²) in [5, 5.41) is 16.0. The minimum atomic E-state index is -1.19. The summed E-state index contributed by atoms with van der Waals surface area (Å²) >= 11 is 2.28. The van der Waals surface area contributed by atoms with E-state index in [0.29, 0.717) is 17.9 Å². The molecule has 1 fully saturated rings. The largest absolute Gasteiger partial charge is 0.477 e. The highest BCUT2D eigenvalue weighted by atomic mass is 32.2. The summed E-state index contributed by atoms with van der Waals surface area (Å²) in [7, 11) is 0. The van der Waals surface area contributed by atoms with Crippen LogP contribution in [-0.4, -0.2) is 66.6 Å². The second kappa shape index (κ2) is 10.5. The van der Waals surface area contributed by atoms with Gasteiger partial charge in [0.1, 0.15) is 23.7 Å². The second-order valence-electron chi connectivity index (χ2n) is 9.44. The molecule has 14 heteroatoms. The molecule has 0 aromatic carbocycles.